The molecule has 1 heterocycles. The van der Waals surface area contributed by atoms with Crippen molar-refractivity contribution in [3.8, 4) is 0 Å². The number of anilines is 1. The van der Waals surface area contributed by atoms with Crippen molar-refractivity contribution in [2.45, 2.75) is 38.6 Å². The Labute approximate surface area is 182 Å². The highest BCUT2D eigenvalue weighted by Gasteiger charge is 2.14. The van der Waals surface area contributed by atoms with Crippen LogP contribution in [0.5, 0.6) is 0 Å². The van der Waals surface area contributed by atoms with Crippen molar-refractivity contribution in [2.24, 2.45) is 0 Å². The van der Waals surface area contributed by atoms with Crippen molar-refractivity contribution < 1.29 is 17.7 Å². The SMILES string of the molecule is CCC(=O)Nc1c(C)noc1/C=C\c1ccc(S(=O)(=O)NCc2ccc(C)cc2)cc1. The highest BCUT2D eigenvalue weighted by molar-refractivity contribution is 7.89. The molecule has 2 aromatic carbocycles. The third kappa shape index (κ3) is 5.90. The van der Waals surface area contributed by atoms with Crippen molar-refractivity contribution in [2.75, 3.05) is 5.32 Å². The molecular weight excluding hydrogens is 414 g/mol. The minimum atomic E-state index is -3.62. The fourth-order valence-electron chi connectivity index (χ4n) is 2.78. The zero-order valence-corrected chi connectivity index (χ0v) is 18.5. The van der Waals surface area contributed by atoms with E-state index in [1.54, 1.807) is 50.3 Å². The molecule has 1 amide bonds. The van der Waals surface area contributed by atoms with Gasteiger partial charge in [0, 0.05) is 13.0 Å². The summed E-state index contributed by atoms with van der Waals surface area (Å²) in [6.07, 6.45) is 3.80. The third-order valence-corrected chi connectivity index (χ3v) is 6.10. The molecule has 0 fully saturated rings. The highest BCUT2D eigenvalue weighted by Crippen LogP contribution is 2.23. The van der Waals surface area contributed by atoms with E-state index in [1.807, 2.05) is 31.2 Å². The second-order valence-electron chi connectivity index (χ2n) is 7.12. The van der Waals surface area contributed by atoms with Crippen LogP contribution in [-0.4, -0.2) is 19.5 Å². The molecule has 0 bridgehead atoms. The van der Waals surface area contributed by atoms with Gasteiger partial charge >= 0.3 is 0 Å². The fraction of sp³-hybridized carbons (Fsp3) is 0.217. The highest BCUT2D eigenvalue weighted by atomic mass is 32.2. The molecule has 1 aromatic heterocycles. The van der Waals surface area contributed by atoms with E-state index >= 15 is 0 Å². The van der Waals surface area contributed by atoms with E-state index in [1.165, 1.54) is 0 Å². The van der Waals surface area contributed by atoms with Crippen LogP contribution in [0.3, 0.4) is 0 Å². The molecule has 0 aliphatic heterocycles. The summed E-state index contributed by atoms with van der Waals surface area (Å²) in [5.41, 5.74) is 3.90. The summed E-state index contributed by atoms with van der Waals surface area (Å²) in [5.74, 6) is 0.296. The quantitative estimate of drug-likeness (QED) is 0.545. The van der Waals surface area contributed by atoms with Crippen LogP contribution in [0, 0.1) is 13.8 Å². The summed E-state index contributed by atoms with van der Waals surface area (Å²) in [4.78, 5) is 11.9. The summed E-state index contributed by atoms with van der Waals surface area (Å²) in [5, 5.41) is 6.65. The molecule has 2 N–H and O–H groups in total. The van der Waals surface area contributed by atoms with Crippen molar-refractivity contribution in [1.29, 1.82) is 0 Å². The molecule has 0 radical (unpaired) electrons. The zero-order chi connectivity index (χ0) is 22.4. The molecule has 0 saturated carbocycles. The Morgan fingerprint density at radius 3 is 2.35 bits per heavy atom. The first-order valence-electron chi connectivity index (χ1n) is 9.88. The van der Waals surface area contributed by atoms with Gasteiger partial charge in [-0.15, -0.1) is 0 Å². The number of hydrogen-bond donors (Lipinski definition) is 2. The molecule has 0 unspecified atom stereocenters. The number of carbonyl (C=O) groups excluding carboxylic acids is 1. The van der Waals surface area contributed by atoms with Crippen LogP contribution in [0.25, 0.3) is 12.2 Å². The van der Waals surface area contributed by atoms with Gasteiger partial charge in [-0.25, -0.2) is 13.1 Å². The average molecular weight is 440 g/mol. The van der Waals surface area contributed by atoms with E-state index in [2.05, 4.69) is 15.2 Å². The van der Waals surface area contributed by atoms with Crippen molar-refractivity contribution in [1.82, 2.24) is 9.88 Å². The number of amides is 1. The van der Waals surface area contributed by atoms with Crippen LogP contribution in [0.2, 0.25) is 0 Å². The predicted octanol–water partition coefficient (Wildman–Crippen LogP) is 4.29. The molecule has 0 aliphatic carbocycles. The first-order chi connectivity index (χ1) is 14.8. The number of nitrogens with one attached hydrogen (secondary N) is 2. The van der Waals surface area contributed by atoms with Crippen LogP contribution in [0.4, 0.5) is 5.69 Å². The Hall–Kier alpha value is -3.23. The zero-order valence-electron chi connectivity index (χ0n) is 17.7. The van der Waals surface area contributed by atoms with Crippen LogP contribution in [-0.2, 0) is 21.4 Å². The Bertz CT molecular complexity index is 1180. The molecule has 3 rings (SSSR count). The van der Waals surface area contributed by atoms with Gasteiger partial charge in [0.25, 0.3) is 0 Å². The minimum Gasteiger partial charge on any atom is -0.354 e. The van der Waals surface area contributed by atoms with Gasteiger partial charge in [-0.2, -0.15) is 0 Å². The molecule has 3 aromatic rings. The number of benzene rings is 2. The first-order valence-corrected chi connectivity index (χ1v) is 11.4. The lowest BCUT2D eigenvalue weighted by atomic mass is 10.2. The smallest absolute Gasteiger partial charge is 0.240 e. The number of aryl methyl sites for hydroxylation is 2. The van der Waals surface area contributed by atoms with Crippen LogP contribution in [0.1, 0.15) is 41.5 Å². The normalized spacial score (nSPS) is 11.7. The van der Waals surface area contributed by atoms with Gasteiger partial charge in [0.1, 0.15) is 11.4 Å². The van der Waals surface area contributed by atoms with Crippen LogP contribution >= 0.6 is 0 Å². The van der Waals surface area contributed by atoms with Crippen LogP contribution in [0.15, 0.2) is 57.9 Å². The maximum absolute atomic E-state index is 12.5. The van der Waals surface area contributed by atoms with E-state index in [4.69, 9.17) is 4.52 Å². The molecular formula is C23H25N3O4S. The van der Waals surface area contributed by atoms with Gasteiger partial charge in [-0.1, -0.05) is 60.1 Å². The number of sulfonamides is 1. The van der Waals surface area contributed by atoms with E-state index in [9.17, 15) is 13.2 Å². The molecule has 162 valence electrons. The molecule has 0 aliphatic rings. The van der Waals surface area contributed by atoms with Crippen LogP contribution < -0.4 is 10.0 Å². The van der Waals surface area contributed by atoms with E-state index < -0.39 is 10.0 Å². The number of nitrogens with zero attached hydrogens (tertiary/aromatic N) is 1. The summed E-state index contributed by atoms with van der Waals surface area (Å²) >= 11 is 0. The Kier molecular flexibility index (Phi) is 7.04. The van der Waals surface area contributed by atoms with Gasteiger partial charge in [0.15, 0.2) is 5.76 Å². The monoisotopic (exact) mass is 439 g/mol. The van der Waals surface area contributed by atoms with Crippen molar-refractivity contribution in [3.63, 3.8) is 0 Å². The molecule has 7 nitrogen and oxygen atoms in total. The number of hydrogen-bond acceptors (Lipinski definition) is 5. The number of rotatable bonds is 8. The standard InChI is InChI=1S/C23H25N3O4S/c1-4-22(27)25-23-17(3)26-30-21(23)14-11-18-9-12-20(13-10-18)31(28,29)24-15-19-7-5-16(2)6-8-19/h5-14,24H,4,15H2,1-3H3,(H,25,27)/b14-11-. The lowest BCUT2D eigenvalue weighted by Crippen LogP contribution is -2.23. The number of aromatic nitrogens is 1. The Morgan fingerprint density at radius 1 is 1.03 bits per heavy atom. The largest absolute Gasteiger partial charge is 0.354 e. The maximum atomic E-state index is 12.5. The van der Waals surface area contributed by atoms with E-state index in [0.717, 1.165) is 16.7 Å². The Balaban J connectivity index is 1.68. The summed E-state index contributed by atoms with van der Waals surface area (Å²) < 4.78 is 33.0. The molecule has 0 spiro atoms. The average Bonchev–Trinajstić information content (AvgIpc) is 3.11. The predicted molar refractivity (Wildman–Crippen MR) is 121 cm³/mol. The summed E-state index contributed by atoms with van der Waals surface area (Å²) in [7, 11) is -3.62. The first kappa shape index (κ1) is 22.5. The molecule has 31 heavy (non-hydrogen) atoms. The van der Waals surface area contributed by atoms with Gasteiger partial charge < -0.3 is 9.84 Å². The lowest BCUT2D eigenvalue weighted by molar-refractivity contribution is -0.115. The second-order valence-corrected chi connectivity index (χ2v) is 8.89. The topological polar surface area (TPSA) is 101 Å². The number of carbonyl (C=O) groups is 1. The molecule has 0 atom stereocenters. The van der Waals surface area contributed by atoms with Gasteiger partial charge in [-0.3, -0.25) is 4.79 Å². The summed E-state index contributed by atoms with van der Waals surface area (Å²) in [6, 6.07) is 14.2. The fourth-order valence-corrected chi connectivity index (χ4v) is 3.80. The summed E-state index contributed by atoms with van der Waals surface area (Å²) in [6.45, 7) is 5.71. The van der Waals surface area contributed by atoms with Gasteiger partial charge in [0.05, 0.1) is 4.90 Å². The second kappa shape index (κ2) is 9.72. The van der Waals surface area contributed by atoms with E-state index in [-0.39, 0.29) is 17.3 Å². The Morgan fingerprint density at radius 2 is 1.71 bits per heavy atom. The van der Waals surface area contributed by atoms with Crippen molar-refractivity contribution >= 4 is 33.8 Å². The molecule has 8 heteroatoms. The lowest BCUT2D eigenvalue weighted by Gasteiger charge is -2.07. The van der Waals surface area contributed by atoms with Gasteiger partial charge in [-0.05, 0) is 43.2 Å². The third-order valence-electron chi connectivity index (χ3n) is 4.68. The minimum absolute atomic E-state index is 0.131. The van der Waals surface area contributed by atoms with Gasteiger partial charge in [0.2, 0.25) is 15.9 Å². The van der Waals surface area contributed by atoms with Crippen molar-refractivity contribution in [3.05, 3.63) is 76.7 Å². The molecule has 0 saturated heterocycles. The van der Waals surface area contributed by atoms with E-state index in [0.29, 0.717) is 23.6 Å². The maximum Gasteiger partial charge on any atom is 0.240 e.